The minimum absolute atomic E-state index is 0.131. The monoisotopic (exact) mass is 446 g/mol. The van der Waals surface area contributed by atoms with Crippen molar-refractivity contribution < 1.29 is 13.9 Å². The van der Waals surface area contributed by atoms with Gasteiger partial charge in [-0.3, -0.25) is 4.79 Å². The SMILES string of the molecule is C=C(C)C.CC1CC1.CCCC1(CCC)CC(CCCOc2ccc(C(C)=O)cc2F)C1. The lowest BCUT2D eigenvalue weighted by Crippen LogP contribution is -2.37. The first kappa shape index (κ1) is 28.4. The molecule has 0 bridgehead atoms. The van der Waals surface area contributed by atoms with E-state index in [0.29, 0.717) is 17.6 Å². The first-order valence-electron chi connectivity index (χ1n) is 12.7. The summed E-state index contributed by atoms with van der Waals surface area (Å²) in [6.07, 6.45) is 13.1. The molecule has 1 aromatic rings. The number of halogens is 1. The maximum Gasteiger partial charge on any atom is 0.165 e. The summed E-state index contributed by atoms with van der Waals surface area (Å²) in [5.74, 6) is 1.57. The molecule has 2 saturated carbocycles. The molecule has 0 aromatic heterocycles. The number of Topliss-reactive ketones (excluding diaryl/α,β-unsaturated/α-hetero) is 1. The summed E-state index contributed by atoms with van der Waals surface area (Å²) in [7, 11) is 0. The Bertz CT molecular complexity index is 687. The summed E-state index contributed by atoms with van der Waals surface area (Å²) in [6, 6.07) is 4.44. The molecule has 0 radical (unpaired) electrons. The van der Waals surface area contributed by atoms with E-state index in [1.54, 1.807) is 12.1 Å². The Morgan fingerprint density at radius 2 is 1.66 bits per heavy atom. The number of hydrogen-bond acceptors (Lipinski definition) is 2. The van der Waals surface area contributed by atoms with Crippen molar-refractivity contribution in [2.75, 3.05) is 6.61 Å². The summed E-state index contributed by atoms with van der Waals surface area (Å²) in [6.45, 7) is 16.3. The topological polar surface area (TPSA) is 26.3 Å². The van der Waals surface area contributed by atoms with Gasteiger partial charge < -0.3 is 4.74 Å². The third-order valence-electron chi connectivity index (χ3n) is 6.22. The highest BCUT2D eigenvalue weighted by atomic mass is 19.1. The quantitative estimate of drug-likeness (QED) is 0.203. The van der Waals surface area contributed by atoms with Crippen molar-refractivity contribution in [3.63, 3.8) is 0 Å². The highest BCUT2D eigenvalue weighted by Crippen LogP contribution is 2.53. The van der Waals surface area contributed by atoms with E-state index >= 15 is 0 Å². The van der Waals surface area contributed by atoms with E-state index in [9.17, 15) is 9.18 Å². The Balaban J connectivity index is 0.000000540. The van der Waals surface area contributed by atoms with Crippen LogP contribution in [0.15, 0.2) is 30.4 Å². The van der Waals surface area contributed by atoms with Crippen LogP contribution >= 0.6 is 0 Å². The predicted octanol–water partition coefficient (Wildman–Crippen LogP) is 9.18. The van der Waals surface area contributed by atoms with Gasteiger partial charge in [-0.2, -0.15) is 0 Å². The van der Waals surface area contributed by atoms with E-state index in [1.807, 2.05) is 13.8 Å². The number of ether oxygens (including phenoxy) is 1. The molecule has 2 aliphatic carbocycles. The lowest BCUT2D eigenvalue weighted by molar-refractivity contribution is 0.0259. The van der Waals surface area contributed by atoms with Gasteiger partial charge in [0, 0.05) is 5.56 Å². The van der Waals surface area contributed by atoms with Crippen molar-refractivity contribution in [3.8, 4) is 5.75 Å². The van der Waals surface area contributed by atoms with E-state index < -0.39 is 5.82 Å². The molecule has 0 spiro atoms. The molecule has 3 heteroatoms. The molecule has 0 N–H and O–H groups in total. The fourth-order valence-electron chi connectivity index (χ4n) is 4.52. The lowest BCUT2D eigenvalue weighted by atomic mass is 9.57. The molecule has 3 rings (SSSR count). The van der Waals surface area contributed by atoms with Crippen LogP contribution in [-0.4, -0.2) is 12.4 Å². The minimum atomic E-state index is -0.448. The van der Waals surface area contributed by atoms with E-state index in [-0.39, 0.29) is 11.5 Å². The maximum absolute atomic E-state index is 13.9. The van der Waals surface area contributed by atoms with Crippen molar-refractivity contribution in [2.45, 2.75) is 106 Å². The first-order valence-corrected chi connectivity index (χ1v) is 12.7. The van der Waals surface area contributed by atoms with Crippen molar-refractivity contribution >= 4 is 5.78 Å². The summed E-state index contributed by atoms with van der Waals surface area (Å²) >= 11 is 0. The van der Waals surface area contributed by atoms with Crippen molar-refractivity contribution in [1.29, 1.82) is 0 Å². The average Bonchev–Trinajstić information content (AvgIpc) is 3.47. The zero-order valence-electron chi connectivity index (χ0n) is 21.6. The Morgan fingerprint density at radius 3 is 2.06 bits per heavy atom. The van der Waals surface area contributed by atoms with Gasteiger partial charge in [-0.05, 0) is 94.7 Å². The molecule has 0 amide bonds. The van der Waals surface area contributed by atoms with E-state index in [2.05, 4.69) is 27.4 Å². The van der Waals surface area contributed by atoms with Gasteiger partial charge in [-0.1, -0.05) is 52.0 Å². The highest BCUT2D eigenvalue weighted by Gasteiger charge is 2.41. The first-order chi connectivity index (χ1) is 15.1. The second-order valence-corrected chi connectivity index (χ2v) is 10.4. The highest BCUT2D eigenvalue weighted by molar-refractivity contribution is 5.94. The molecule has 32 heavy (non-hydrogen) atoms. The number of carbonyl (C=O) groups is 1. The van der Waals surface area contributed by atoms with Crippen LogP contribution in [0.4, 0.5) is 4.39 Å². The smallest absolute Gasteiger partial charge is 0.165 e. The Kier molecular flexibility index (Phi) is 12.9. The van der Waals surface area contributed by atoms with Crippen LogP contribution in [0.5, 0.6) is 5.75 Å². The van der Waals surface area contributed by atoms with E-state index in [4.69, 9.17) is 4.74 Å². The largest absolute Gasteiger partial charge is 0.491 e. The van der Waals surface area contributed by atoms with Crippen molar-refractivity contribution in [2.24, 2.45) is 17.3 Å². The zero-order chi connectivity index (χ0) is 24.1. The van der Waals surface area contributed by atoms with Crippen LogP contribution in [0.25, 0.3) is 0 Å². The number of benzene rings is 1. The standard InChI is InChI=1S/C21H31FO2.2C4H8/c1-4-10-21(11-5-2)14-17(15-21)7-6-12-24-20-9-8-18(16(3)23)13-19(20)22;1-4-2-3-4;1-4(2)3/h8-9,13,17H,4-7,10-12,14-15H2,1-3H3;4H,2-3H2,1H3;1H2,2-3H3. The van der Waals surface area contributed by atoms with Crippen LogP contribution in [0, 0.1) is 23.1 Å². The number of hydrogen-bond donors (Lipinski definition) is 0. The number of carbonyl (C=O) groups excluding carboxylic acids is 1. The molecule has 2 nitrogen and oxygen atoms in total. The van der Waals surface area contributed by atoms with Gasteiger partial charge in [-0.25, -0.2) is 4.39 Å². The van der Waals surface area contributed by atoms with Crippen molar-refractivity contribution in [3.05, 3.63) is 41.7 Å². The molecular weight excluding hydrogens is 399 g/mol. The van der Waals surface area contributed by atoms with E-state index in [0.717, 1.165) is 18.3 Å². The van der Waals surface area contributed by atoms with Crippen molar-refractivity contribution in [1.82, 2.24) is 0 Å². The van der Waals surface area contributed by atoms with Gasteiger partial charge in [0.15, 0.2) is 17.3 Å². The van der Waals surface area contributed by atoms with Gasteiger partial charge in [0.2, 0.25) is 0 Å². The molecule has 0 saturated heterocycles. The maximum atomic E-state index is 13.9. The van der Waals surface area contributed by atoms with Gasteiger partial charge >= 0.3 is 0 Å². The fraction of sp³-hybridized carbons (Fsp3) is 0.690. The molecule has 0 atom stereocenters. The van der Waals surface area contributed by atoms with Gasteiger partial charge in [0.05, 0.1) is 6.61 Å². The molecule has 1 aromatic carbocycles. The number of rotatable bonds is 10. The minimum Gasteiger partial charge on any atom is -0.491 e. The summed E-state index contributed by atoms with van der Waals surface area (Å²) < 4.78 is 19.4. The van der Waals surface area contributed by atoms with Crippen LogP contribution in [0.1, 0.15) is 116 Å². The van der Waals surface area contributed by atoms with E-state index in [1.165, 1.54) is 76.4 Å². The average molecular weight is 447 g/mol. The molecular formula is C29H47FO2. The zero-order valence-corrected chi connectivity index (χ0v) is 21.6. The number of allylic oxidation sites excluding steroid dienone is 1. The normalized spacial score (nSPS) is 16.6. The second-order valence-electron chi connectivity index (χ2n) is 10.4. The van der Waals surface area contributed by atoms with Crippen LogP contribution in [0.2, 0.25) is 0 Å². The lowest BCUT2D eigenvalue weighted by Gasteiger charge is -2.48. The summed E-state index contributed by atoms with van der Waals surface area (Å²) in [4.78, 5) is 11.2. The molecule has 0 unspecified atom stereocenters. The molecule has 2 aliphatic rings. The van der Waals surface area contributed by atoms with Crippen LogP contribution in [-0.2, 0) is 0 Å². The third kappa shape index (κ3) is 11.3. The molecule has 0 aliphatic heterocycles. The van der Waals surface area contributed by atoms with Gasteiger partial charge in [-0.15, -0.1) is 6.58 Å². The second kappa shape index (κ2) is 14.5. The van der Waals surface area contributed by atoms with Gasteiger partial charge in [0.25, 0.3) is 0 Å². The van der Waals surface area contributed by atoms with Crippen LogP contribution in [0.3, 0.4) is 0 Å². The summed E-state index contributed by atoms with van der Waals surface area (Å²) in [5.41, 5.74) is 2.17. The molecule has 182 valence electrons. The third-order valence-corrected chi connectivity index (χ3v) is 6.22. The molecule has 0 heterocycles. The fourth-order valence-corrected chi connectivity index (χ4v) is 4.52. The number of ketones is 1. The summed E-state index contributed by atoms with van der Waals surface area (Å²) in [5, 5.41) is 0. The molecule has 2 fully saturated rings. The Labute approximate surface area is 197 Å². The van der Waals surface area contributed by atoms with Gasteiger partial charge in [0.1, 0.15) is 0 Å². The van der Waals surface area contributed by atoms with Crippen LogP contribution < -0.4 is 4.74 Å². The Morgan fingerprint density at radius 1 is 1.12 bits per heavy atom. The predicted molar refractivity (Wildman–Crippen MR) is 135 cm³/mol. The Hall–Kier alpha value is -1.64.